The van der Waals surface area contributed by atoms with Gasteiger partial charge in [0.2, 0.25) is 0 Å². The lowest BCUT2D eigenvalue weighted by Crippen LogP contribution is -2.35. The molecule has 0 aromatic carbocycles. The van der Waals surface area contributed by atoms with Crippen LogP contribution in [0.15, 0.2) is 0 Å². The summed E-state index contributed by atoms with van der Waals surface area (Å²) in [6.07, 6.45) is 5.67. The number of ether oxygens (including phenoxy) is 2. The molecule has 1 aliphatic heterocycles. The van der Waals surface area contributed by atoms with Crippen LogP contribution >= 0.6 is 0 Å². The predicted octanol–water partition coefficient (Wildman–Crippen LogP) is 1.96. The molecule has 2 rings (SSSR count). The van der Waals surface area contributed by atoms with Crippen molar-refractivity contribution in [3.05, 3.63) is 0 Å². The van der Waals surface area contributed by atoms with Crippen molar-refractivity contribution in [3.8, 4) is 0 Å². The van der Waals surface area contributed by atoms with E-state index in [1.54, 1.807) is 6.92 Å². The van der Waals surface area contributed by atoms with Crippen LogP contribution in [0.5, 0.6) is 0 Å². The molecule has 0 unspecified atom stereocenters. The molecule has 0 N–H and O–H groups in total. The lowest BCUT2D eigenvalue weighted by Gasteiger charge is -2.33. The highest BCUT2D eigenvalue weighted by molar-refractivity contribution is 5.75. The Labute approximate surface area is 108 Å². The third kappa shape index (κ3) is 3.31. The summed E-state index contributed by atoms with van der Waals surface area (Å²) >= 11 is 0. The summed E-state index contributed by atoms with van der Waals surface area (Å²) in [6.45, 7) is 2.89. The van der Waals surface area contributed by atoms with Crippen LogP contribution in [0.25, 0.3) is 0 Å². The average molecular weight is 254 g/mol. The quantitative estimate of drug-likeness (QED) is 0.537. The second-order valence-electron chi connectivity index (χ2n) is 5.29. The molecule has 0 aromatic heterocycles. The molecule has 4 nitrogen and oxygen atoms in total. The van der Waals surface area contributed by atoms with Gasteiger partial charge in [0.25, 0.3) is 0 Å². The highest BCUT2D eigenvalue weighted by Gasteiger charge is 2.39. The van der Waals surface area contributed by atoms with Gasteiger partial charge in [-0.05, 0) is 44.4 Å². The SMILES string of the molecule is CCOC(=O)[C@@H](CC=O)[C@@H]1CCO[C@@H](C2CC2)C1. The van der Waals surface area contributed by atoms with Gasteiger partial charge in [0.15, 0.2) is 0 Å². The first-order valence-corrected chi connectivity index (χ1v) is 6.98. The molecule has 18 heavy (non-hydrogen) atoms. The van der Waals surface area contributed by atoms with Gasteiger partial charge in [-0.15, -0.1) is 0 Å². The van der Waals surface area contributed by atoms with Crippen molar-refractivity contribution >= 4 is 12.3 Å². The molecule has 3 atom stereocenters. The molecule has 1 heterocycles. The molecule has 4 heteroatoms. The topological polar surface area (TPSA) is 52.6 Å². The Kier molecular flexibility index (Phi) is 4.75. The van der Waals surface area contributed by atoms with E-state index in [-0.39, 0.29) is 24.2 Å². The van der Waals surface area contributed by atoms with Crippen LogP contribution in [0, 0.1) is 17.8 Å². The smallest absolute Gasteiger partial charge is 0.309 e. The van der Waals surface area contributed by atoms with Crippen LogP contribution in [0.4, 0.5) is 0 Å². The monoisotopic (exact) mass is 254 g/mol. The summed E-state index contributed by atoms with van der Waals surface area (Å²) in [5.74, 6) is 0.444. The van der Waals surface area contributed by atoms with Crippen LogP contribution in [0.1, 0.15) is 39.0 Å². The van der Waals surface area contributed by atoms with Crippen LogP contribution in [0.2, 0.25) is 0 Å². The van der Waals surface area contributed by atoms with E-state index < -0.39 is 0 Å². The molecule has 0 bridgehead atoms. The molecule has 1 saturated heterocycles. The van der Waals surface area contributed by atoms with Gasteiger partial charge in [-0.1, -0.05) is 0 Å². The van der Waals surface area contributed by atoms with Crippen molar-refractivity contribution in [1.29, 1.82) is 0 Å². The molecular formula is C14H22O4. The molecule has 0 spiro atoms. The lowest BCUT2D eigenvalue weighted by atomic mass is 9.81. The molecule has 0 radical (unpaired) electrons. The van der Waals surface area contributed by atoms with Crippen molar-refractivity contribution in [2.45, 2.75) is 45.1 Å². The van der Waals surface area contributed by atoms with Crippen molar-refractivity contribution in [3.63, 3.8) is 0 Å². The number of esters is 1. The zero-order valence-electron chi connectivity index (χ0n) is 11.0. The fourth-order valence-electron chi connectivity index (χ4n) is 2.85. The standard InChI is InChI=1S/C14H22O4/c1-2-17-14(16)12(5-7-15)11-6-8-18-13(9-11)10-3-4-10/h7,10-13H,2-6,8-9H2,1H3/t11-,12+,13-/m1/s1. The van der Waals surface area contributed by atoms with Gasteiger partial charge in [-0.2, -0.15) is 0 Å². The molecule has 0 amide bonds. The maximum Gasteiger partial charge on any atom is 0.309 e. The van der Waals surface area contributed by atoms with Gasteiger partial charge < -0.3 is 14.3 Å². The molecule has 2 aliphatic rings. The first-order chi connectivity index (χ1) is 8.76. The van der Waals surface area contributed by atoms with Crippen LogP contribution < -0.4 is 0 Å². The van der Waals surface area contributed by atoms with E-state index in [1.807, 2.05) is 0 Å². The number of carbonyl (C=O) groups is 2. The normalized spacial score (nSPS) is 29.6. The summed E-state index contributed by atoms with van der Waals surface area (Å²) in [5.41, 5.74) is 0. The zero-order valence-corrected chi connectivity index (χ0v) is 11.0. The van der Waals surface area contributed by atoms with Gasteiger partial charge >= 0.3 is 5.97 Å². The third-order valence-corrected chi connectivity index (χ3v) is 4.01. The number of hydrogen-bond acceptors (Lipinski definition) is 4. The predicted molar refractivity (Wildman–Crippen MR) is 66.0 cm³/mol. The van der Waals surface area contributed by atoms with E-state index in [0.29, 0.717) is 25.2 Å². The van der Waals surface area contributed by atoms with E-state index in [4.69, 9.17) is 9.47 Å². The number of carbonyl (C=O) groups excluding carboxylic acids is 2. The Morgan fingerprint density at radius 1 is 1.44 bits per heavy atom. The first kappa shape index (κ1) is 13.5. The zero-order chi connectivity index (χ0) is 13.0. The van der Waals surface area contributed by atoms with Gasteiger partial charge in [-0.25, -0.2) is 0 Å². The third-order valence-electron chi connectivity index (χ3n) is 4.01. The van der Waals surface area contributed by atoms with Crippen molar-refractivity contribution in [1.82, 2.24) is 0 Å². The molecule has 1 aliphatic carbocycles. The largest absolute Gasteiger partial charge is 0.466 e. The van der Waals surface area contributed by atoms with Crippen molar-refractivity contribution in [2.24, 2.45) is 17.8 Å². The van der Waals surface area contributed by atoms with Crippen LogP contribution in [0.3, 0.4) is 0 Å². The second-order valence-corrected chi connectivity index (χ2v) is 5.29. The number of aldehydes is 1. The van der Waals surface area contributed by atoms with Crippen molar-refractivity contribution < 1.29 is 19.1 Å². The summed E-state index contributed by atoms with van der Waals surface area (Å²) in [5, 5.41) is 0. The van der Waals surface area contributed by atoms with Gasteiger partial charge in [0, 0.05) is 13.0 Å². The van der Waals surface area contributed by atoms with E-state index in [0.717, 1.165) is 19.1 Å². The highest BCUT2D eigenvalue weighted by Crippen LogP contribution is 2.41. The molecule has 0 aromatic rings. The Morgan fingerprint density at radius 2 is 2.22 bits per heavy atom. The Morgan fingerprint density at radius 3 is 2.83 bits per heavy atom. The first-order valence-electron chi connectivity index (χ1n) is 6.98. The molecular weight excluding hydrogens is 232 g/mol. The minimum absolute atomic E-state index is 0.217. The maximum absolute atomic E-state index is 11.9. The van der Waals surface area contributed by atoms with E-state index in [9.17, 15) is 9.59 Å². The van der Waals surface area contributed by atoms with E-state index >= 15 is 0 Å². The van der Waals surface area contributed by atoms with Crippen molar-refractivity contribution in [2.75, 3.05) is 13.2 Å². The summed E-state index contributed by atoms with van der Waals surface area (Å²) < 4.78 is 10.8. The summed E-state index contributed by atoms with van der Waals surface area (Å²) in [6, 6.07) is 0. The molecule has 1 saturated carbocycles. The summed E-state index contributed by atoms with van der Waals surface area (Å²) in [7, 11) is 0. The second kappa shape index (κ2) is 6.32. The van der Waals surface area contributed by atoms with Gasteiger partial charge in [0.1, 0.15) is 6.29 Å². The fraction of sp³-hybridized carbons (Fsp3) is 0.857. The fourth-order valence-corrected chi connectivity index (χ4v) is 2.85. The van der Waals surface area contributed by atoms with Gasteiger partial charge in [-0.3, -0.25) is 4.79 Å². The lowest BCUT2D eigenvalue weighted by molar-refractivity contribution is -0.153. The molecule has 102 valence electrons. The van der Waals surface area contributed by atoms with Gasteiger partial charge in [0.05, 0.1) is 18.6 Å². The Hall–Kier alpha value is -0.900. The Bertz CT molecular complexity index is 298. The minimum atomic E-state index is -0.271. The van der Waals surface area contributed by atoms with E-state index in [1.165, 1.54) is 12.8 Å². The average Bonchev–Trinajstić information content (AvgIpc) is 3.20. The minimum Gasteiger partial charge on any atom is -0.466 e. The maximum atomic E-state index is 11.9. The Balaban J connectivity index is 1.95. The highest BCUT2D eigenvalue weighted by atomic mass is 16.5. The number of rotatable bonds is 6. The van der Waals surface area contributed by atoms with Crippen LogP contribution in [-0.4, -0.2) is 31.6 Å². The molecule has 2 fully saturated rings. The van der Waals surface area contributed by atoms with Crippen LogP contribution in [-0.2, 0) is 19.1 Å². The summed E-state index contributed by atoms with van der Waals surface area (Å²) in [4.78, 5) is 22.7. The van der Waals surface area contributed by atoms with E-state index in [2.05, 4.69) is 0 Å². The number of hydrogen-bond donors (Lipinski definition) is 0.